The Kier molecular flexibility index (Phi) is 3.78. The third-order valence-electron chi connectivity index (χ3n) is 2.71. The summed E-state index contributed by atoms with van der Waals surface area (Å²) >= 11 is 3.25. The molecule has 0 saturated heterocycles. The van der Waals surface area contributed by atoms with Crippen molar-refractivity contribution in [2.45, 2.75) is 13.0 Å². The Morgan fingerprint density at radius 1 is 1.17 bits per heavy atom. The summed E-state index contributed by atoms with van der Waals surface area (Å²) in [6.45, 7) is 1.61. The maximum atomic E-state index is 13.9. The Labute approximate surface area is 112 Å². The van der Waals surface area contributed by atoms with Crippen molar-refractivity contribution in [2.24, 2.45) is 0 Å². The minimum atomic E-state index is -1.18. The van der Waals surface area contributed by atoms with Crippen LogP contribution in [0.3, 0.4) is 0 Å². The maximum Gasteiger partial charge on any atom is 0.132 e. The molecule has 0 aliphatic heterocycles. The summed E-state index contributed by atoms with van der Waals surface area (Å²) in [6.07, 6.45) is -1.18. The van der Waals surface area contributed by atoms with Crippen LogP contribution in [0.4, 0.5) is 8.78 Å². The van der Waals surface area contributed by atoms with Crippen LogP contribution in [-0.4, -0.2) is 5.11 Å². The van der Waals surface area contributed by atoms with Crippen molar-refractivity contribution in [3.05, 3.63) is 69.2 Å². The average Bonchev–Trinajstić information content (AvgIpc) is 2.33. The molecule has 0 amide bonds. The summed E-state index contributed by atoms with van der Waals surface area (Å²) in [6, 6.07) is 8.63. The molecule has 0 bridgehead atoms. The van der Waals surface area contributed by atoms with Crippen LogP contribution in [0.5, 0.6) is 0 Å². The van der Waals surface area contributed by atoms with Gasteiger partial charge in [0.25, 0.3) is 0 Å². The summed E-state index contributed by atoms with van der Waals surface area (Å²) in [5.41, 5.74) is 0.883. The number of rotatable bonds is 2. The van der Waals surface area contributed by atoms with E-state index in [0.717, 1.165) is 0 Å². The number of halogens is 3. The average molecular weight is 313 g/mol. The predicted octanol–water partition coefficient (Wildman–Crippen LogP) is 4.12. The highest BCUT2D eigenvalue weighted by atomic mass is 79.9. The zero-order chi connectivity index (χ0) is 13.3. The zero-order valence-corrected chi connectivity index (χ0v) is 11.2. The number of aryl methyl sites for hydroxylation is 1. The lowest BCUT2D eigenvalue weighted by atomic mass is 9.99. The highest BCUT2D eigenvalue weighted by Crippen LogP contribution is 2.29. The summed E-state index contributed by atoms with van der Waals surface area (Å²) in [4.78, 5) is 0. The molecule has 0 aliphatic carbocycles. The summed E-state index contributed by atoms with van der Waals surface area (Å²) in [5.74, 6) is -0.936. The molecule has 94 valence electrons. The number of aliphatic hydroxyl groups is 1. The monoisotopic (exact) mass is 312 g/mol. The van der Waals surface area contributed by atoms with Crippen LogP contribution in [-0.2, 0) is 0 Å². The highest BCUT2D eigenvalue weighted by molar-refractivity contribution is 9.10. The molecule has 0 aromatic heterocycles. The Balaban J connectivity index is 2.49. The second-order valence-electron chi connectivity index (χ2n) is 4.08. The molecule has 4 heteroatoms. The molecule has 0 aliphatic rings. The molecule has 0 spiro atoms. The van der Waals surface area contributed by atoms with E-state index in [9.17, 15) is 13.9 Å². The van der Waals surface area contributed by atoms with Crippen molar-refractivity contribution in [2.75, 3.05) is 0 Å². The molecule has 18 heavy (non-hydrogen) atoms. The quantitative estimate of drug-likeness (QED) is 0.884. The highest BCUT2D eigenvalue weighted by Gasteiger charge is 2.17. The first-order valence-electron chi connectivity index (χ1n) is 5.38. The van der Waals surface area contributed by atoms with Gasteiger partial charge in [0.05, 0.1) is 0 Å². The van der Waals surface area contributed by atoms with Gasteiger partial charge in [0, 0.05) is 10.0 Å². The second-order valence-corrected chi connectivity index (χ2v) is 5.00. The molecular formula is C14H11BrF2O. The van der Waals surface area contributed by atoms with Gasteiger partial charge in [-0.05, 0) is 42.3 Å². The lowest BCUT2D eigenvalue weighted by Gasteiger charge is -2.14. The fraction of sp³-hybridized carbons (Fsp3) is 0.143. The van der Waals surface area contributed by atoms with E-state index in [1.165, 1.54) is 24.3 Å². The fourth-order valence-corrected chi connectivity index (χ4v) is 2.40. The SMILES string of the molecule is Cc1cc(Br)cc(C(O)c2cccc(F)c2)c1F. The van der Waals surface area contributed by atoms with Crippen LogP contribution < -0.4 is 0 Å². The van der Waals surface area contributed by atoms with Crippen LogP contribution in [0, 0.1) is 18.6 Å². The van der Waals surface area contributed by atoms with Gasteiger partial charge in [-0.1, -0.05) is 28.1 Å². The van der Waals surface area contributed by atoms with E-state index in [2.05, 4.69) is 15.9 Å². The van der Waals surface area contributed by atoms with E-state index >= 15 is 0 Å². The molecule has 1 atom stereocenters. The molecule has 2 aromatic carbocycles. The predicted molar refractivity (Wildman–Crippen MR) is 69.3 cm³/mol. The lowest BCUT2D eigenvalue weighted by molar-refractivity contribution is 0.214. The lowest BCUT2D eigenvalue weighted by Crippen LogP contribution is -2.04. The van der Waals surface area contributed by atoms with Gasteiger partial charge in [-0.3, -0.25) is 0 Å². The van der Waals surface area contributed by atoms with E-state index in [1.54, 1.807) is 19.1 Å². The maximum absolute atomic E-state index is 13.9. The minimum absolute atomic E-state index is 0.132. The van der Waals surface area contributed by atoms with Gasteiger partial charge in [0.15, 0.2) is 0 Å². The summed E-state index contributed by atoms with van der Waals surface area (Å²) < 4.78 is 27.7. The molecule has 2 rings (SSSR count). The van der Waals surface area contributed by atoms with Crippen LogP contribution in [0.25, 0.3) is 0 Å². The van der Waals surface area contributed by atoms with Crippen molar-refractivity contribution in [1.82, 2.24) is 0 Å². The molecule has 0 saturated carbocycles. The van der Waals surface area contributed by atoms with Crippen LogP contribution >= 0.6 is 15.9 Å². The van der Waals surface area contributed by atoms with Crippen molar-refractivity contribution < 1.29 is 13.9 Å². The first-order chi connectivity index (χ1) is 8.49. The Morgan fingerprint density at radius 3 is 2.56 bits per heavy atom. The summed E-state index contributed by atoms with van der Waals surface area (Å²) in [7, 11) is 0. The van der Waals surface area contributed by atoms with Gasteiger partial charge in [-0.15, -0.1) is 0 Å². The van der Waals surface area contributed by atoms with E-state index in [1.807, 2.05) is 0 Å². The molecule has 1 nitrogen and oxygen atoms in total. The first kappa shape index (κ1) is 13.2. The minimum Gasteiger partial charge on any atom is -0.384 e. The second kappa shape index (κ2) is 5.16. The van der Waals surface area contributed by atoms with Crippen LogP contribution in [0.1, 0.15) is 22.8 Å². The normalized spacial score (nSPS) is 12.5. The van der Waals surface area contributed by atoms with Gasteiger partial charge in [0.1, 0.15) is 17.7 Å². The number of benzene rings is 2. The smallest absolute Gasteiger partial charge is 0.132 e. The van der Waals surface area contributed by atoms with Crippen LogP contribution in [0.15, 0.2) is 40.9 Å². The Morgan fingerprint density at radius 2 is 1.89 bits per heavy atom. The van der Waals surface area contributed by atoms with Crippen molar-refractivity contribution >= 4 is 15.9 Å². The van der Waals surface area contributed by atoms with E-state index in [0.29, 0.717) is 15.6 Å². The Bertz CT molecular complexity index is 584. The van der Waals surface area contributed by atoms with E-state index in [4.69, 9.17) is 0 Å². The molecular weight excluding hydrogens is 302 g/mol. The van der Waals surface area contributed by atoms with Gasteiger partial charge >= 0.3 is 0 Å². The van der Waals surface area contributed by atoms with E-state index < -0.39 is 17.7 Å². The van der Waals surface area contributed by atoms with Crippen molar-refractivity contribution in [3.63, 3.8) is 0 Å². The molecule has 0 radical (unpaired) electrons. The van der Waals surface area contributed by atoms with Gasteiger partial charge in [0.2, 0.25) is 0 Å². The standard InChI is InChI=1S/C14H11BrF2O/c1-8-5-10(15)7-12(13(8)17)14(18)9-3-2-4-11(16)6-9/h2-7,14,18H,1H3. The first-order valence-corrected chi connectivity index (χ1v) is 6.17. The third-order valence-corrected chi connectivity index (χ3v) is 3.16. The number of aliphatic hydroxyl groups excluding tert-OH is 1. The summed E-state index contributed by atoms with van der Waals surface area (Å²) in [5, 5.41) is 10.1. The molecule has 0 heterocycles. The third kappa shape index (κ3) is 2.60. The van der Waals surface area contributed by atoms with E-state index in [-0.39, 0.29) is 5.56 Å². The largest absolute Gasteiger partial charge is 0.384 e. The van der Waals surface area contributed by atoms with Crippen LogP contribution in [0.2, 0.25) is 0 Å². The number of hydrogen-bond donors (Lipinski definition) is 1. The molecule has 2 aromatic rings. The fourth-order valence-electron chi connectivity index (χ4n) is 1.81. The number of hydrogen-bond acceptors (Lipinski definition) is 1. The van der Waals surface area contributed by atoms with Crippen molar-refractivity contribution in [3.8, 4) is 0 Å². The van der Waals surface area contributed by atoms with Gasteiger partial charge < -0.3 is 5.11 Å². The topological polar surface area (TPSA) is 20.2 Å². The van der Waals surface area contributed by atoms with Gasteiger partial charge in [-0.25, -0.2) is 8.78 Å². The molecule has 1 unspecified atom stereocenters. The molecule has 1 N–H and O–H groups in total. The Hall–Kier alpha value is -1.26. The van der Waals surface area contributed by atoms with Gasteiger partial charge in [-0.2, -0.15) is 0 Å². The zero-order valence-electron chi connectivity index (χ0n) is 9.62. The van der Waals surface area contributed by atoms with Crippen molar-refractivity contribution in [1.29, 1.82) is 0 Å². The molecule has 0 fully saturated rings.